The number of rotatable bonds is 4. The largest absolute Gasteiger partial charge is 0.369 e. The van der Waals surface area contributed by atoms with Gasteiger partial charge in [0.15, 0.2) is 5.13 Å². The smallest absolute Gasteiger partial charge is 0.190 e. The molecular formula is C18H18N8S. The Balaban J connectivity index is 1.38. The van der Waals surface area contributed by atoms with Crippen molar-refractivity contribution < 1.29 is 0 Å². The Morgan fingerprint density at radius 3 is 2.78 bits per heavy atom. The van der Waals surface area contributed by atoms with E-state index >= 15 is 0 Å². The molecule has 3 aromatic heterocycles. The zero-order valence-electron chi connectivity index (χ0n) is 14.5. The first-order valence-electron chi connectivity index (χ1n) is 8.88. The highest BCUT2D eigenvalue weighted by molar-refractivity contribution is 7.21. The van der Waals surface area contributed by atoms with Crippen molar-refractivity contribution in [3.63, 3.8) is 0 Å². The topological polar surface area (TPSA) is 90.7 Å². The molecule has 9 heteroatoms. The van der Waals surface area contributed by atoms with Crippen LogP contribution in [0.2, 0.25) is 0 Å². The van der Waals surface area contributed by atoms with E-state index in [4.69, 9.17) is 4.98 Å². The van der Waals surface area contributed by atoms with Crippen LogP contribution in [0.1, 0.15) is 11.6 Å². The standard InChI is InChI=1S/C18H18N8S/c1-2-15-17(23-14(1)12-10-21-22-11-12)27-18(24-15)25-16-9-13(3-4-20-16)26-7-5-19-6-8-26/h1-4,9-12,19H,5-8H2,(H,20,24,25). The lowest BCUT2D eigenvalue weighted by atomic mass is 10.1. The van der Waals surface area contributed by atoms with E-state index in [-0.39, 0.29) is 5.92 Å². The molecule has 136 valence electrons. The molecule has 0 spiro atoms. The quantitative estimate of drug-likeness (QED) is 0.724. The summed E-state index contributed by atoms with van der Waals surface area (Å²) in [5.74, 6) is 0.839. The van der Waals surface area contributed by atoms with Gasteiger partial charge in [-0.15, -0.1) is 0 Å². The molecule has 27 heavy (non-hydrogen) atoms. The van der Waals surface area contributed by atoms with Gasteiger partial charge in [0.1, 0.15) is 16.2 Å². The van der Waals surface area contributed by atoms with Gasteiger partial charge in [0.05, 0.1) is 11.6 Å². The van der Waals surface area contributed by atoms with Gasteiger partial charge in [-0.1, -0.05) is 11.3 Å². The van der Waals surface area contributed by atoms with Crippen molar-refractivity contribution in [1.29, 1.82) is 0 Å². The third-order valence-electron chi connectivity index (χ3n) is 4.60. The van der Waals surface area contributed by atoms with Gasteiger partial charge in [-0.25, -0.2) is 15.0 Å². The fourth-order valence-electron chi connectivity index (χ4n) is 3.20. The molecule has 0 atom stereocenters. The zero-order chi connectivity index (χ0) is 18.1. The average Bonchev–Trinajstić information content (AvgIpc) is 3.38. The van der Waals surface area contributed by atoms with Crippen LogP contribution in [-0.2, 0) is 0 Å². The van der Waals surface area contributed by atoms with Crippen LogP contribution >= 0.6 is 11.3 Å². The van der Waals surface area contributed by atoms with E-state index in [0.717, 1.165) is 53.2 Å². The molecule has 2 N–H and O–H groups in total. The van der Waals surface area contributed by atoms with Gasteiger partial charge in [0.2, 0.25) is 0 Å². The van der Waals surface area contributed by atoms with Gasteiger partial charge >= 0.3 is 0 Å². The number of thiazole rings is 1. The van der Waals surface area contributed by atoms with Gasteiger partial charge < -0.3 is 15.5 Å². The van der Waals surface area contributed by atoms with E-state index in [1.165, 1.54) is 17.0 Å². The van der Waals surface area contributed by atoms with Crippen LogP contribution in [0.4, 0.5) is 16.6 Å². The van der Waals surface area contributed by atoms with Crippen LogP contribution in [0.3, 0.4) is 0 Å². The maximum absolute atomic E-state index is 4.71. The molecule has 0 unspecified atom stereocenters. The lowest BCUT2D eigenvalue weighted by Crippen LogP contribution is -2.43. The molecule has 8 nitrogen and oxygen atoms in total. The minimum Gasteiger partial charge on any atom is -0.369 e. The monoisotopic (exact) mass is 378 g/mol. The molecule has 3 aromatic rings. The Hall–Kier alpha value is -2.91. The second-order valence-electron chi connectivity index (χ2n) is 6.40. The summed E-state index contributed by atoms with van der Waals surface area (Å²) in [6.07, 6.45) is 5.42. The first kappa shape index (κ1) is 16.3. The Morgan fingerprint density at radius 1 is 1.07 bits per heavy atom. The minimum absolute atomic E-state index is 0.0466. The number of aromatic nitrogens is 3. The molecule has 1 fully saturated rings. The molecule has 1 saturated heterocycles. The number of pyridine rings is 2. The van der Waals surface area contributed by atoms with E-state index in [0.29, 0.717) is 0 Å². The molecule has 0 aromatic carbocycles. The van der Waals surface area contributed by atoms with Gasteiger partial charge in [-0.3, -0.25) is 0 Å². The first-order valence-corrected chi connectivity index (χ1v) is 9.70. The highest BCUT2D eigenvalue weighted by Crippen LogP contribution is 2.29. The summed E-state index contributed by atoms with van der Waals surface area (Å²) >= 11 is 1.52. The lowest BCUT2D eigenvalue weighted by molar-refractivity contribution is 0.589. The van der Waals surface area contributed by atoms with Gasteiger partial charge in [-0.05, 0) is 18.2 Å². The summed E-state index contributed by atoms with van der Waals surface area (Å²) in [4.78, 5) is 17.0. The van der Waals surface area contributed by atoms with E-state index in [9.17, 15) is 0 Å². The van der Waals surface area contributed by atoms with Gasteiger partial charge in [0.25, 0.3) is 0 Å². The van der Waals surface area contributed by atoms with Crippen molar-refractivity contribution in [2.24, 2.45) is 10.2 Å². The van der Waals surface area contributed by atoms with Crippen molar-refractivity contribution in [2.45, 2.75) is 5.92 Å². The van der Waals surface area contributed by atoms with Crippen molar-refractivity contribution in [3.05, 3.63) is 36.2 Å². The van der Waals surface area contributed by atoms with Gasteiger partial charge in [0, 0.05) is 56.6 Å². The van der Waals surface area contributed by atoms with Gasteiger partial charge in [-0.2, -0.15) is 10.2 Å². The van der Waals surface area contributed by atoms with Crippen LogP contribution in [0, 0.1) is 0 Å². The number of nitrogens with one attached hydrogen (secondary N) is 2. The Bertz CT molecular complexity index is 1010. The normalized spacial score (nSPS) is 17.1. The van der Waals surface area contributed by atoms with Crippen LogP contribution in [0.15, 0.2) is 40.7 Å². The summed E-state index contributed by atoms with van der Waals surface area (Å²) < 4.78 is 0. The minimum atomic E-state index is 0.0466. The Kier molecular flexibility index (Phi) is 4.23. The summed E-state index contributed by atoms with van der Waals surface area (Å²) in [6, 6.07) is 8.09. The maximum Gasteiger partial charge on any atom is 0.190 e. The van der Waals surface area contributed by atoms with E-state index in [1.807, 2.05) is 24.4 Å². The summed E-state index contributed by atoms with van der Waals surface area (Å²) in [5, 5.41) is 15.3. The Labute approximate surface area is 160 Å². The third kappa shape index (κ3) is 3.38. The molecule has 0 radical (unpaired) electrons. The van der Waals surface area contributed by atoms with Crippen LogP contribution < -0.4 is 15.5 Å². The predicted octanol–water partition coefficient (Wildman–Crippen LogP) is 2.39. The fraction of sp³-hybridized carbons (Fsp3) is 0.278. The molecule has 5 rings (SSSR count). The number of piperazine rings is 1. The number of anilines is 3. The summed E-state index contributed by atoms with van der Waals surface area (Å²) in [7, 11) is 0. The second kappa shape index (κ2) is 7.01. The van der Waals surface area contributed by atoms with Crippen molar-refractivity contribution >= 4 is 50.7 Å². The number of hydrogen-bond acceptors (Lipinski definition) is 9. The molecule has 2 aliphatic heterocycles. The number of hydrogen-bond donors (Lipinski definition) is 2. The number of nitrogens with zero attached hydrogens (tertiary/aromatic N) is 6. The van der Waals surface area contributed by atoms with E-state index < -0.39 is 0 Å². The molecule has 0 aliphatic carbocycles. The molecule has 0 amide bonds. The highest BCUT2D eigenvalue weighted by atomic mass is 32.1. The van der Waals surface area contributed by atoms with Crippen LogP contribution in [-0.4, -0.2) is 53.6 Å². The van der Waals surface area contributed by atoms with Crippen molar-refractivity contribution in [3.8, 4) is 0 Å². The lowest BCUT2D eigenvalue weighted by Gasteiger charge is -2.29. The third-order valence-corrected chi connectivity index (χ3v) is 5.48. The van der Waals surface area contributed by atoms with Crippen molar-refractivity contribution in [2.75, 3.05) is 36.4 Å². The SMILES string of the molecule is C1=NN=CC1c1ccc2nc(Nc3cc(N4CCNCC4)ccn3)sc2n1. The molecule has 5 heterocycles. The molecule has 0 saturated carbocycles. The molecule has 2 aliphatic rings. The predicted molar refractivity (Wildman–Crippen MR) is 110 cm³/mol. The second-order valence-corrected chi connectivity index (χ2v) is 7.37. The summed E-state index contributed by atoms with van der Waals surface area (Å²) in [6.45, 7) is 4.02. The molecular weight excluding hydrogens is 360 g/mol. The number of fused-ring (bicyclic) bond motifs is 1. The highest BCUT2D eigenvalue weighted by Gasteiger charge is 2.15. The van der Waals surface area contributed by atoms with E-state index in [2.05, 4.69) is 41.8 Å². The fourth-order valence-corrected chi connectivity index (χ4v) is 4.05. The maximum atomic E-state index is 4.71. The van der Waals surface area contributed by atoms with E-state index in [1.54, 1.807) is 12.4 Å². The summed E-state index contributed by atoms with van der Waals surface area (Å²) in [5.41, 5.74) is 2.98. The first-order chi connectivity index (χ1) is 13.3. The zero-order valence-corrected chi connectivity index (χ0v) is 15.4. The van der Waals surface area contributed by atoms with Crippen LogP contribution in [0.5, 0.6) is 0 Å². The van der Waals surface area contributed by atoms with Crippen molar-refractivity contribution in [1.82, 2.24) is 20.3 Å². The van der Waals surface area contributed by atoms with Crippen LogP contribution in [0.25, 0.3) is 10.3 Å². The Morgan fingerprint density at radius 2 is 1.93 bits per heavy atom. The molecule has 0 bridgehead atoms. The average molecular weight is 378 g/mol.